The summed E-state index contributed by atoms with van der Waals surface area (Å²) in [5, 5.41) is 2.91. The van der Waals surface area contributed by atoms with Crippen molar-refractivity contribution in [1.29, 1.82) is 0 Å². The highest BCUT2D eigenvalue weighted by Gasteiger charge is 2.41. The molecule has 0 radical (unpaired) electrons. The molecule has 0 aromatic heterocycles. The molecule has 1 atom stereocenters. The van der Waals surface area contributed by atoms with Gasteiger partial charge in [-0.2, -0.15) is 0 Å². The van der Waals surface area contributed by atoms with Gasteiger partial charge in [0.15, 0.2) is 0 Å². The van der Waals surface area contributed by atoms with Crippen LogP contribution < -0.4 is 5.32 Å². The number of amides is 3. The summed E-state index contributed by atoms with van der Waals surface area (Å²) in [5.74, 6) is -1.37. The fraction of sp³-hybridized carbons (Fsp3) is 0.276. The molecule has 1 N–H and O–H groups in total. The lowest BCUT2D eigenvalue weighted by Crippen LogP contribution is -2.51. The predicted octanol–water partition coefficient (Wildman–Crippen LogP) is 4.15. The van der Waals surface area contributed by atoms with Crippen LogP contribution in [0.4, 0.5) is 0 Å². The fourth-order valence-electron chi connectivity index (χ4n) is 4.54. The summed E-state index contributed by atoms with van der Waals surface area (Å²) in [6.45, 7) is 2.22. The van der Waals surface area contributed by atoms with Crippen LogP contribution in [0.5, 0.6) is 0 Å². The second kappa shape index (κ2) is 12.6. The van der Waals surface area contributed by atoms with Crippen molar-refractivity contribution in [3.63, 3.8) is 0 Å². The molecule has 0 fully saturated rings. The minimum Gasteiger partial charge on any atom is -0.354 e. The number of rotatable bonds is 11. The Labute approximate surface area is 237 Å². The first-order valence-corrected chi connectivity index (χ1v) is 15.0. The van der Waals surface area contributed by atoms with Gasteiger partial charge in [-0.05, 0) is 41.8 Å². The number of sulfonamides is 1. The molecule has 10 heteroatoms. The maximum atomic E-state index is 13.8. The van der Waals surface area contributed by atoms with Gasteiger partial charge in [0.25, 0.3) is 15.9 Å². The van der Waals surface area contributed by atoms with Gasteiger partial charge in [0, 0.05) is 36.9 Å². The van der Waals surface area contributed by atoms with Crippen molar-refractivity contribution in [3.8, 4) is 0 Å². The van der Waals surface area contributed by atoms with Gasteiger partial charge >= 0.3 is 0 Å². The Morgan fingerprint density at radius 2 is 1.67 bits per heavy atom. The first kappa shape index (κ1) is 28.5. The Morgan fingerprint density at radius 1 is 0.974 bits per heavy atom. The van der Waals surface area contributed by atoms with Crippen molar-refractivity contribution in [1.82, 2.24) is 14.5 Å². The summed E-state index contributed by atoms with van der Waals surface area (Å²) in [7, 11) is -4.05. The van der Waals surface area contributed by atoms with E-state index in [2.05, 4.69) is 21.2 Å². The van der Waals surface area contributed by atoms with Gasteiger partial charge < -0.3 is 10.2 Å². The largest absolute Gasteiger partial charge is 0.354 e. The third-order valence-electron chi connectivity index (χ3n) is 6.50. The third-order valence-corrected chi connectivity index (χ3v) is 8.84. The molecule has 39 heavy (non-hydrogen) atoms. The molecular formula is C29H30BrN3O5S. The normalized spacial score (nSPS) is 14.5. The fourth-order valence-corrected chi connectivity index (χ4v) is 6.56. The van der Waals surface area contributed by atoms with Gasteiger partial charge in [0.05, 0.1) is 5.56 Å². The van der Waals surface area contributed by atoms with Crippen LogP contribution in [-0.4, -0.2) is 54.5 Å². The molecule has 8 nitrogen and oxygen atoms in total. The van der Waals surface area contributed by atoms with Gasteiger partial charge in [-0.3, -0.25) is 14.4 Å². The van der Waals surface area contributed by atoms with Crippen LogP contribution >= 0.6 is 15.9 Å². The molecule has 0 spiro atoms. The Balaban J connectivity index is 1.63. The van der Waals surface area contributed by atoms with E-state index in [1.165, 1.54) is 17.0 Å². The second-order valence-electron chi connectivity index (χ2n) is 9.28. The molecule has 1 aliphatic rings. The van der Waals surface area contributed by atoms with Crippen LogP contribution in [0.15, 0.2) is 88.2 Å². The number of carbonyl (C=O) groups excluding carboxylic acids is 3. The molecule has 0 saturated carbocycles. The highest BCUT2D eigenvalue weighted by molar-refractivity contribution is 9.10. The van der Waals surface area contributed by atoms with Crippen LogP contribution in [0.1, 0.15) is 41.3 Å². The van der Waals surface area contributed by atoms with E-state index < -0.39 is 27.9 Å². The summed E-state index contributed by atoms with van der Waals surface area (Å²) in [4.78, 5) is 41.5. The van der Waals surface area contributed by atoms with E-state index >= 15 is 0 Å². The van der Waals surface area contributed by atoms with Crippen molar-refractivity contribution >= 4 is 43.7 Å². The molecular weight excluding hydrogens is 582 g/mol. The van der Waals surface area contributed by atoms with Gasteiger partial charge in [-0.25, -0.2) is 12.7 Å². The summed E-state index contributed by atoms with van der Waals surface area (Å²) >= 11 is 3.46. The van der Waals surface area contributed by atoms with Crippen LogP contribution in [0.25, 0.3) is 0 Å². The van der Waals surface area contributed by atoms with Crippen molar-refractivity contribution in [3.05, 3.63) is 100 Å². The van der Waals surface area contributed by atoms with E-state index in [0.29, 0.717) is 6.54 Å². The number of hydrogen-bond acceptors (Lipinski definition) is 5. The average Bonchev–Trinajstić information content (AvgIpc) is 3.13. The molecule has 4 rings (SSSR count). The van der Waals surface area contributed by atoms with Gasteiger partial charge in [0.2, 0.25) is 11.8 Å². The lowest BCUT2D eigenvalue weighted by molar-refractivity contribution is -0.141. The SMILES string of the molecule is CCCNC(=O)C(Cc1ccccc1)N(Cc1cccc(Br)c1)C(=O)CCN1C(=O)c2ccccc2S1(=O)=O. The standard InChI is InChI=1S/C29H30BrN3O5S/c1-2-16-31-28(35)25(19-21-9-4-3-5-10-21)32(20-22-11-8-12-23(30)18-22)27(34)15-17-33-29(36)24-13-6-7-14-26(24)39(33,37)38/h3-14,18,25H,2,15-17,19-20H2,1H3,(H,31,35). The van der Waals surface area contributed by atoms with Gasteiger partial charge in [-0.1, -0.05) is 77.5 Å². The molecule has 1 aliphatic heterocycles. The number of halogens is 1. The average molecular weight is 613 g/mol. The highest BCUT2D eigenvalue weighted by Crippen LogP contribution is 2.30. The summed E-state index contributed by atoms with van der Waals surface area (Å²) in [5.41, 5.74) is 1.78. The monoisotopic (exact) mass is 611 g/mol. The molecule has 0 saturated heterocycles. The van der Waals surface area contributed by atoms with Crippen molar-refractivity contribution in [2.45, 2.75) is 43.7 Å². The molecule has 1 heterocycles. The van der Waals surface area contributed by atoms with Crippen molar-refractivity contribution in [2.24, 2.45) is 0 Å². The Morgan fingerprint density at radius 3 is 2.36 bits per heavy atom. The van der Waals surface area contributed by atoms with Crippen LogP contribution in [-0.2, 0) is 32.6 Å². The number of benzene rings is 3. The first-order valence-electron chi connectivity index (χ1n) is 12.7. The zero-order chi connectivity index (χ0) is 28.0. The van der Waals surface area contributed by atoms with Crippen LogP contribution in [0.3, 0.4) is 0 Å². The lowest BCUT2D eigenvalue weighted by atomic mass is 10.0. The molecule has 3 aromatic carbocycles. The summed E-state index contributed by atoms with van der Waals surface area (Å²) in [6, 6.07) is 22.0. The quantitative estimate of drug-likeness (QED) is 0.351. The molecule has 204 valence electrons. The number of fused-ring (bicyclic) bond motifs is 1. The zero-order valence-corrected chi connectivity index (χ0v) is 23.9. The van der Waals surface area contributed by atoms with Crippen molar-refractivity contribution in [2.75, 3.05) is 13.1 Å². The number of carbonyl (C=O) groups is 3. The molecule has 3 amide bonds. The third kappa shape index (κ3) is 6.57. The topological polar surface area (TPSA) is 104 Å². The molecule has 0 bridgehead atoms. The minimum absolute atomic E-state index is 0.0608. The second-order valence-corrected chi connectivity index (χ2v) is 12.0. The zero-order valence-electron chi connectivity index (χ0n) is 21.5. The predicted molar refractivity (Wildman–Crippen MR) is 151 cm³/mol. The van der Waals surface area contributed by atoms with Crippen LogP contribution in [0, 0.1) is 0 Å². The Hall–Kier alpha value is -3.50. The maximum Gasteiger partial charge on any atom is 0.269 e. The first-order chi connectivity index (χ1) is 18.7. The maximum absolute atomic E-state index is 13.8. The minimum atomic E-state index is -4.05. The smallest absolute Gasteiger partial charge is 0.269 e. The van der Waals surface area contributed by atoms with E-state index in [1.807, 2.05) is 61.5 Å². The summed E-state index contributed by atoms with van der Waals surface area (Å²) < 4.78 is 27.6. The number of nitrogens with one attached hydrogen (secondary N) is 1. The van der Waals surface area contributed by atoms with E-state index in [0.717, 1.165) is 26.3 Å². The molecule has 3 aromatic rings. The molecule has 1 unspecified atom stereocenters. The van der Waals surface area contributed by atoms with Gasteiger partial charge in [-0.15, -0.1) is 0 Å². The lowest BCUT2D eigenvalue weighted by Gasteiger charge is -2.32. The Bertz CT molecular complexity index is 1460. The highest BCUT2D eigenvalue weighted by atomic mass is 79.9. The van der Waals surface area contributed by atoms with E-state index in [-0.39, 0.29) is 42.3 Å². The van der Waals surface area contributed by atoms with Gasteiger partial charge in [0.1, 0.15) is 10.9 Å². The number of nitrogens with zero attached hydrogens (tertiary/aromatic N) is 2. The van der Waals surface area contributed by atoms with E-state index in [1.54, 1.807) is 12.1 Å². The van der Waals surface area contributed by atoms with Crippen LogP contribution in [0.2, 0.25) is 0 Å². The van der Waals surface area contributed by atoms with E-state index in [9.17, 15) is 22.8 Å². The van der Waals surface area contributed by atoms with E-state index in [4.69, 9.17) is 0 Å². The molecule has 0 aliphatic carbocycles. The Kier molecular flexibility index (Phi) is 9.19. The van der Waals surface area contributed by atoms with Crippen molar-refractivity contribution < 1.29 is 22.8 Å². The number of hydrogen-bond donors (Lipinski definition) is 1. The summed E-state index contributed by atoms with van der Waals surface area (Å²) in [6.07, 6.45) is 0.751.